The van der Waals surface area contributed by atoms with Crippen LogP contribution in [0.15, 0.2) is 36.5 Å². The van der Waals surface area contributed by atoms with Crippen LogP contribution in [0.5, 0.6) is 0 Å². The van der Waals surface area contributed by atoms with E-state index in [9.17, 15) is 45.6 Å². The van der Waals surface area contributed by atoms with E-state index < -0.39 is 86.8 Å². The van der Waals surface area contributed by atoms with Crippen molar-refractivity contribution in [2.75, 3.05) is 19.8 Å². The molecule has 2 saturated heterocycles. The first-order valence-corrected chi connectivity index (χ1v) is 40.2. The molecule has 14 nitrogen and oxygen atoms in total. The molecule has 12 unspecified atom stereocenters. The number of nitrogens with one attached hydrogen (secondary N) is 1. The minimum Gasteiger partial charge on any atom is -0.394 e. The molecule has 12 atom stereocenters. The fourth-order valence-corrected chi connectivity index (χ4v) is 13.4. The second-order valence-electron chi connectivity index (χ2n) is 28.5. The quantitative estimate of drug-likeness (QED) is 0.0204. The Hall–Kier alpha value is -1.79. The number of carbonyl (C=O) groups is 1. The van der Waals surface area contributed by atoms with E-state index in [0.717, 1.165) is 44.9 Å². The van der Waals surface area contributed by atoms with Gasteiger partial charge in [0.05, 0.1) is 32.0 Å². The predicted molar refractivity (Wildman–Crippen MR) is 388 cm³/mol. The Morgan fingerprint density at radius 3 is 1.04 bits per heavy atom. The number of carbonyl (C=O) groups excluding carboxylic acids is 1. The molecule has 0 aliphatic carbocycles. The molecule has 2 aliphatic rings. The zero-order valence-electron chi connectivity index (χ0n) is 60.7. The molecular weight excluding hydrogens is 1180 g/mol. The van der Waals surface area contributed by atoms with Crippen molar-refractivity contribution >= 4 is 5.91 Å². The van der Waals surface area contributed by atoms with Crippen LogP contribution in [0.25, 0.3) is 0 Å². The van der Waals surface area contributed by atoms with Crippen LogP contribution in [0.3, 0.4) is 0 Å². The van der Waals surface area contributed by atoms with Gasteiger partial charge < -0.3 is 65.1 Å². The van der Waals surface area contributed by atoms with E-state index >= 15 is 0 Å². The van der Waals surface area contributed by atoms with Gasteiger partial charge in [-0.3, -0.25) is 4.79 Å². The van der Waals surface area contributed by atoms with Crippen LogP contribution >= 0.6 is 0 Å². The molecule has 94 heavy (non-hydrogen) atoms. The predicted octanol–water partition coefficient (Wildman–Crippen LogP) is 18.0. The molecule has 0 aromatic rings. The molecular formula is C80H151NO13. The fourth-order valence-electron chi connectivity index (χ4n) is 13.4. The number of aliphatic hydroxyl groups is 8. The molecule has 554 valence electrons. The van der Waals surface area contributed by atoms with E-state index in [0.29, 0.717) is 12.8 Å². The smallest absolute Gasteiger partial charge is 0.220 e. The van der Waals surface area contributed by atoms with Crippen molar-refractivity contribution in [3.63, 3.8) is 0 Å². The van der Waals surface area contributed by atoms with Crippen LogP contribution in [0.2, 0.25) is 0 Å². The highest BCUT2D eigenvalue weighted by Gasteiger charge is 2.51. The zero-order valence-corrected chi connectivity index (χ0v) is 60.7. The summed E-state index contributed by atoms with van der Waals surface area (Å²) < 4.78 is 22.9. The Kier molecular flexibility index (Phi) is 60.7. The second-order valence-corrected chi connectivity index (χ2v) is 28.5. The summed E-state index contributed by atoms with van der Waals surface area (Å²) in [6, 6.07) is -0.938. The summed E-state index contributed by atoms with van der Waals surface area (Å²) in [7, 11) is 0. The highest BCUT2D eigenvalue weighted by molar-refractivity contribution is 5.76. The molecule has 2 aliphatic heterocycles. The fraction of sp³-hybridized carbons (Fsp3) is 0.912. The van der Waals surface area contributed by atoms with Gasteiger partial charge in [0.2, 0.25) is 5.91 Å². The summed E-state index contributed by atoms with van der Waals surface area (Å²) in [4.78, 5) is 13.4. The van der Waals surface area contributed by atoms with Gasteiger partial charge in [0, 0.05) is 6.42 Å². The number of allylic oxidation sites excluding steroid dienone is 5. The summed E-state index contributed by atoms with van der Waals surface area (Å²) in [6.07, 6.45) is 68.2. The van der Waals surface area contributed by atoms with Gasteiger partial charge in [-0.15, -0.1) is 0 Å². The van der Waals surface area contributed by atoms with Gasteiger partial charge in [-0.25, -0.2) is 0 Å². The van der Waals surface area contributed by atoms with E-state index in [2.05, 4.69) is 43.5 Å². The molecule has 14 heteroatoms. The van der Waals surface area contributed by atoms with Crippen LogP contribution in [0.4, 0.5) is 0 Å². The maximum absolute atomic E-state index is 13.4. The van der Waals surface area contributed by atoms with E-state index in [4.69, 9.17) is 18.9 Å². The van der Waals surface area contributed by atoms with Crippen molar-refractivity contribution in [2.24, 2.45) is 0 Å². The maximum atomic E-state index is 13.4. The topological polar surface area (TPSA) is 228 Å². The van der Waals surface area contributed by atoms with Crippen LogP contribution in [0.1, 0.15) is 373 Å². The van der Waals surface area contributed by atoms with Gasteiger partial charge in [0.15, 0.2) is 12.6 Å². The molecule has 0 saturated carbocycles. The number of ether oxygens (including phenoxy) is 4. The summed E-state index contributed by atoms with van der Waals surface area (Å²) in [5.74, 6) is -0.245. The molecule has 2 fully saturated rings. The van der Waals surface area contributed by atoms with E-state index in [-0.39, 0.29) is 18.9 Å². The Bertz CT molecular complexity index is 1720. The molecule has 2 rings (SSSR count). The number of hydrogen-bond donors (Lipinski definition) is 9. The first-order valence-electron chi connectivity index (χ1n) is 40.2. The minimum absolute atomic E-state index is 0.245. The standard InChI is InChI=1S/C80H151NO13/c1-3-5-7-9-11-13-15-17-19-21-23-25-27-29-30-31-32-33-34-35-36-37-38-39-40-42-44-46-48-50-52-54-56-58-60-62-64-72(85)81-68(67-91-79-77(90)75(88)78(71(66-83)93-79)94-80-76(89)74(87)73(86)70(65-82)92-80)69(84)63-61-59-57-55-53-51-49-47-45-43-41-28-26-24-22-20-18-16-14-12-10-8-6-4-2/h45,47,53,55,61,63,68-71,73-80,82-84,86-90H,3-44,46,48-52,54,56-60,62,64-67H2,1-2H3,(H,81,85)/b47-45+,55-53+,63-61+. The third kappa shape index (κ3) is 47.3. The molecule has 0 radical (unpaired) electrons. The molecule has 2 heterocycles. The first-order chi connectivity index (χ1) is 46.1. The maximum Gasteiger partial charge on any atom is 0.220 e. The van der Waals surface area contributed by atoms with Crippen molar-refractivity contribution in [3.05, 3.63) is 36.5 Å². The number of amides is 1. The zero-order chi connectivity index (χ0) is 68.0. The highest BCUT2D eigenvalue weighted by atomic mass is 16.7. The molecule has 1 amide bonds. The van der Waals surface area contributed by atoms with Crippen molar-refractivity contribution in [1.82, 2.24) is 5.32 Å². The Balaban J connectivity index is 1.61. The molecule has 0 spiro atoms. The van der Waals surface area contributed by atoms with E-state index in [1.165, 1.54) is 295 Å². The van der Waals surface area contributed by atoms with E-state index in [1.807, 2.05) is 6.08 Å². The summed E-state index contributed by atoms with van der Waals surface area (Å²) in [6.45, 7) is 2.84. The average molecular weight is 1340 g/mol. The van der Waals surface area contributed by atoms with Crippen molar-refractivity contribution in [3.8, 4) is 0 Å². The van der Waals surface area contributed by atoms with Crippen molar-refractivity contribution < 1.29 is 64.6 Å². The van der Waals surface area contributed by atoms with Crippen molar-refractivity contribution in [1.29, 1.82) is 0 Å². The lowest BCUT2D eigenvalue weighted by Crippen LogP contribution is -2.65. The lowest BCUT2D eigenvalue weighted by molar-refractivity contribution is -0.359. The van der Waals surface area contributed by atoms with Gasteiger partial charge >= 0.3 is 0 Å². The van der Waals surface area contributed by atoms with Crippen LogP contribution in [-0.2, 0) is 23.7 Å². The molecule has 0 aromatic heterocycles. The van der Waals surface area contributed by atoms with Gasteiger partial charge in [-0.05, 0) is 44.9 Å². The number of hydrogen-bond acceptors (Lipinski definition) is 13. The summed E-state index contributed by atoms with van der Waals surface area (Å²) >= 11 is 0. The molecule has 0 aromatic carbocycles. The van der Waals surface area contributed by atoms with E-state index in [1.54, 1.807) is 6.08 Å². The second kappa shape index (κ2) is 64.6. The summed E-state index contributed by atoms with van der Waals surface area (Å²) in [5, 5.41) is 87.6. The van der Waals surface area contributed by atoms with Crippen LogP contribution in [0, 0.1) is 0 Å². The normalized spacial score (nSPS) is 22.6. The molecule has 9 N–H and O–H groups in total. The minimum atomic E-state index is -1.79. The Morgan fingerprint density at radius 1 is 0.372 bits per heavy atom. The first kappa shape index (κ1) is 88.3. The van der Waals surface area contributed by atoms with Gasteiger partial charge in [-0.1, -0.05) is 359 Å². The number of rotatable bonds is 68. The lowest BCUT2D eigenvalue weighted by atomic mass is 9.97. The van der Waals surface area contributed by atoms with Gasteiger partial charge in [0.1, 0.15) is 48.8 Å². The number of unbranched alkanes of at least 4 members (excludes halogenated alkanes) is 51. The largest absolute Gasteiger partial charge is 0.394 e. The SMILES string of the molecule is CCCCCCCCCCCCCCCC/C=C/CC/C=C/CC/C=C/C(O)C(COC1OC(CO)C(OC2OC(CO)C(O)C(O)C2O)C(O)C1O)NC(=O)CCCCCCCCCCCCCCCCCCCCCCCCCCCCCCCCCCCCCC. The average Bonchev–Trinajstić information content (AvgIpc) is 0.794. The third-order valence-corrected chi connectivity index (χ3v) is 19.8. The Labute approximate surface area is 576 Å². The Morgan fingerprint density at radius 2 is 0.681 bits per heavy atom. The van der Waals surface area contributed by atoms with Crippen LogP contribution < -0.4 is 5.32 Å². The highest BCUT2D eigenvalue weighted by Crippen LogP contribution is 2.30. The van der Waals surface area contributed by atoms with Crippen molar-refractivity contribution in [2.45, 2.75) is 447 Å². The molecule has 0 bridgehead atoms. The van der Waals surface area contributed by atoms with Crippen LogP contribution in [-0.4, -0.2) is 140 Å². The number of aliphatic hydroxyl groups excluding tert-OH is 8. The lowest BCUT2D eigenvalue weighted by Gasteiger charge is -2.46. The third-order valence-electron chi connectivity index (χ3n) is 19.8. The monoisotopic (exact) mass is 1330 g/mol. The van der Waals surface area contributed by atoms with Gasteiger partial charge in [-0.2, -0.15) is 0 Å². The van der Waals surface area contributed by atoms with Gasteiger partial charge in [0.25, 0.3) is 0 Å². The summed E-state index contributed by atoms with van der Waals surface area (Å²) in [5.41, 5.74) is 0.